The lowest BCUT2D eigenvalue weighted by Crippen LogP contribution is -2.46. The molecule has 0 spiro atoms. The molecule has 7 heteroatoms. The second-order valence-corrected chi connectivity index (χ2v) is 5.87. The van der Waals surface area contributed by atoms with Gasteiger partial charge in [0, 0.05) is 11.0 Å². The number of hydrogen-bond donors (Lipinski definition) is 2. The zero-order valence-electron chi connectivity index (χ0n) is 11.3. The number of nitrogens with zero attached hydrogens (tertiary/aromatic N) is 1. The molecule has 2 N–H and O–H groups in total. The number of likely N-dealkylation sites (tertiary alicyclic amines) is 1. The Labute approximate surface area is 130 Å². The van der Waals surface area contributed by atoms with Crippen molar-refractivity contribution in [2.45, 2.75) is 31.7 Å². The van der Waals surface area contributed by atoms with Gasteiger partial charge < -0.3 is 15.3 Å². The van der Waals surface area contributed by atoms with Crippen molar-refractivity contribution in [3.8, 4) is 0 Å². The lowest BCUT2D eigenvalue weighted by atomic mass is 10.1. The van der Waals surface area contributed by atoms with Gasteiger partial charge in [-0.05, 0) is 31.0 Å². The fourth-order valence-electron chi connectivity index (χ4n) is 2.39. The molecule has 114 valence electrons. The predicted octanol–water partition coefficient (Wildman–Crippen LogP) is 3.45. The van der Waals surface area contributed by atoms with Crippen molar-refractivity contribution in [1.29, 1.82) is 0 Å². The first-order valence-electron chi connectivity index (χ1n) is 6.74. The summed E-state index contributed by atoms with van der Waals surface area (Å²) >= 11 is 3.14. The van der Waals surface area contributed by atoms with Gasteiger partial charge in [0.05, 0.1) is 5.69 Å². The highest BCUT2D eigenvalue weighted by Crippen LogP contribution is 2.22. The number of carbonyl (C=O) groups excluding carboxylic acids is 1. The van der Waals surface area contributed by atoms with Crippen molar-refractivity contribution in [1.82, 2.24) is 4.90 Å². The second kappa shape index (κ2) is 6.89. The van der Waals surface area contributed by atoms with E-state index in [1.165, 1.54) is 17.0 Å². The van der Waals surface area contributed by atoms with Crippen LogP contribution in [-0.2, 0) is 4.79 Å². The number of halogens is 2. The standard InChI is InChI=1S/C14H16BrFN2O3/c15-9-5-6-11(10(16)8-9)17-14(21)18-7-3-1-2-4-12(18)13(19)20/h5-6,8,12H,1-4,7H2,(H,17,21)(H,19,20). The Kier molecular flexibility index (Phi) is 5.17. The summed E-state index contributed by atoms with van der Waals surface area (Å²) in [5.41, 5.74) is 0.0385. The summed E-state index contributed by atoms with van der Waals surface area (Å²) in [4.78, 5) is 24.8. The summed E-state index contributed by atoms with van der Waals surface area (Å²) in [5, 5.41) is 11.7. The average Bonchev–Trinajstić information content (AvgIpc) is 2.67. The molecule has 1 heterocycles. The number of carboxylic acids is 1. The van der Waals surface area contributed by atoms with E-state index in [0.717, 1.165) is 19.3 Å². The minimum atomic E-state index is -1.02. The van der Waals surface area contributed by atoms with Crippen molar-refractivity contribution in [3.05, 3.63) is 28.5 Å². The van der Waals surface area contributed by atoms with Gasteiger partial charge in [-0.1, -0.05) is 28.8 Å². The number of carboxylic acid groups (broad SMARTS) is 1. The van der Waals surface area contributed by atoms with Crippen molar-refractivity contribution >= 4 is 33.6 Å². The number of carbonyl (C=O) groups is 2. The number of anilines is 1. The van der Waals surface area contributed by atoms with Gasteiger partial charge in [-0.15, -0.1) is 0 Å². The van der Waals surface area contributed by atoms with E-state index in [1.54, 1.807) is 6.07 Å². The molecule has 1 aromatic carbocycles. The van der Waals surface area contributed by atoms with Gasteiger partial charge in [0.25, 0.3) is 0 Å². The molecule has 1 aliphatic rings. The van der Waals surface area contributed by atoms with E-state index >= 15 is 0 Å². The Bertz CT molecular complexity index is 553. The van der Waals surface area contributed by atoms with Crippen LogP contribution in [0.2, 0.25) is 0 Å². The van der Waals surface area contributed by atoms with Gasteiger partial charge in [-0.2, -0.15) is 0 Å². The number of rotatable bonds is 2. The number of nitrogens with one attached hydrogen (secondary N) is 1. The van der Waals surface area contributed by atoms with E-state index in [0.29, 0.717) is 17.4 Å². The first-order chi connectivity index (χ1) is 9.99. The Morgan fingerprint density at radius 3 is 2.76 bits per heavy atom. The third kappa shape index (κ3) is 3.93. The second-order valence-electron chi connectivity index (χ2n) is 4.95. The van der Waals surface area contributed by atoms with Gasteiger partial charge in [0.1, 0.15) is 11.9 Å². The maximum Gasteiger partial charge on any atom is 0.326 e. The fourth-order valence-corrected chi connectivity index (χ4v) is 2.72. The van der Waals surface area contributed by atoms with Crippen LogP contribution >= 0.6 is 15.9 Å². The molecule has 2 rings (SSSR count). The van der Waals surface area contributed by atoms with Crippen LogP contribution in [-0.4, -0.2) is 34.6 Å². The number of aliphatic carboxylic acids is 1. The average molecular weight is 359 g/mol. The zero-order chi connectivity index (χ0) is 15.4. The lowest BCUT2D eigenvalue weighted by molar-refractivity contribution is -0.142. The fraction of sp³-hybridized carbons (Fsp3) is 0.429. The predicted molar refractivity (Wildman–Crippen MR) is 79.7 cm³/mol. The van der Waals surface area contributed by atoms with Gasteiger partial charge in [0.2, 0.25) is 0 Å². The highest BCUT2D eigenvalue weighted by Gasteiger charge is 2.31. The normalized spacial score (nSPS) is 19.0. The van der Waals surface area contributed by atoms with Crippen molar-refractivity contribution in [3.63, 3.8) is 0 Å². The summed E-state index contributed by atoms with van der Waals surface area (Å²) in [6.07, 6.45) is 2.83. The SMILES string of the molecule is O=C(O)C1CCCCCN1C(=O)Nc1ccc(Br)cc1F. The minimum Gasteiger partial charge on any atom is -0.480 e. The lowest BCUT2D eigenvalue weighted by Gasteiger charge is -2.27. The van der Waals surface area contributed by atoms with E-state index in [-0.39, 0.29) is 5.69 Å². The van der Waals surface area contributed by atoms with E-state index in [1.807, 2.05) is 0 Å². The molecule has 1 aromatic rings. The van der Waals surface area contributed by atoms with Crippen LogP contribution in [0.1, 0.15) is 25.7 Å². The van der Waals surface area contributed by atoms with E-state index in [9.17, 15) is 19.1 Å². The van der Waals surface area contributed by atoms with Crippen LogP contribution < -0.4 is 5.32 Å². The highest BCUT2D eigenvalue weighted by atomic mass is 79.9. The quantitative estimate of drug-likeness (QED) is 0.850. The smallest absolute Gasteiger partial charge is 0.326 e. The van der Waals surface area contributed by atoms with Crippen LogP contribution in [0.3, 0.4) is 0 Å². The molecule has 21 heavy (non-hydrogen) atoms. The van der Waals surface area contributed by atoms with Crippen LogP contribution in [0, 0.1) is 5.82 Å². The first kappa shape index (κ1) is 15.8. The van der Waals surface area contributed by atoms with Gasteiger partial charge >= 0.3 is 12.0 Å². The number of benzene rings is 1. The molecule has 0 bridgehead atoms. The van der Waals surface area contributed by atoms with Crippen molar-refractivity contribution < 1.29 is 19.1 Å². The van der Waals surface area contributed by atoms with E-state index in [4.69, 9.17) is 0 Å². The molecule has 5 nitrogen and oxygen atoms in total. The first-order valence-corrected chi connectivity index (χ1v) is 7.54. The summed E-state index contributed by atoms with van der Waals surface area (Å²) in [5.74, 6) is -1.59. The summed E-state index contributed by atoms with van der Waals surface area (Å²) < 4.78 is 14.3. The summed E-state index contributed by atoms with van der Waals surface area (Å²) in [6, 6.07) is 2.85. The molecule has 1 unspecified atom stereocenters. The zero-order valence-corrected chi connectivity index (χ0v) is 12.9. The Balaban J connectivity index is 2.14. The molecule has 1 aliphatic heterocycles. The third-order valence-electron chi connectivity index (χ3n) is 3.47. The Hall–Kier alpha value is -1.63. The van der Waals surface area contributed by atoms with Gasteiger partial charge in [-0.25, -0.2) is 14.0 Å². The van der Waals surface area contributed by atoms with Crippen LogP contribution in [0.5, 0.6) is 0 Å². The molecule has 0 aliphatic carbocycles. The molecule has 1 saturated heterocycles. The van der Waals surface area contributed by atoms with Crippen LogP contribution in [0.4, 0.5) is 14.9 Å². The maximum absolute atomic E-state index is 13.7. The molecule has 2 amide bonds. The molecule has 0 radical (unpaired) electrons. The molecule has 0 saturated carbocycles. The number of hydrogen-bond acceptors (Lipinski definition) is 2. The van der Waals surface area contributed by atoms with Crippen LogP contribution in [0.15, 0.2) is 22.7 Å². The topological polar surface area (TPSA) is 69.6 Å². The van der Waals surface area contributed by atoms with E-state index in [2.05, 4.69) is 21.2 Å². The Morgan fingerprint density at radius 2 is 2.10 bits per heavy atom. The molecule has 1 fully saturated rings. The molecular formula is C14H16BrFN2O3. The van der Waals surface area contributed by atoms with Crippen molar-refractivity contribution in [2.24, 2.45) is 0 Å². The van der Waals surface area contributed by atoms with Gasteiger partial charge in [-0.3, -0.25) is 0 Å². The summed E-state index contributed by atoms with van der Waals surface area (Å²) in [6.45, 7) is 0.362. The van der Waals surface area contributed by atoms with E-state index < -0.39 is 23.9 Å². The minimum absolute atomic E-state index is 0.0385. The molecule has 0 aromatic heterocycles. The maximum atomic E-state index is 13.7. The number of amides is 2. The largest absolute Gasteiger partial charge is 0.480 e. The molecule has 1 atom stereocenters. The number of urea groups is 1. The summed E-state index contributed by atoms with van der Waals surface area (Å²) in [7, 11) is 0. The Morgan fingerprint density at radius 1 is 1.33 bits per heavy atom. The highest BCUT2D eigenvalue weighted by molar-refractivity contribution is 9.10. The monoisotopic (exact) mass is 358 g/mol. The molecular weight excluding hydrogens is 343 g/mol. The van der Waals surface area contributed by atoms with Crippen molar-refractivity contribution in [2.75, 3.05) is 11.9 Å². The third-order valence-corrected chi connectivity index (χ3v) is 3.96. The van der Waals surface area contributed by atoms with Gasteiger partial charge in [0.15, 0.2) is 0 Å². The van der Waals surface area contributed by atoms with Crippen LogP contribution in [0.25, 0.3) is 0 Å².